The number of benzene rings is 4. The van der Waals surface area contributed by atoms with Gasteiger partial charge in [0.15, 0.2) is 11.3 Å². The molecule has 1 aliphatic rings. The summed E-state index contributed by atoms with van der Waals surface area (Å²) < 4.78 is 37.2. The van der Waals surface area contributed by atoms with E-state index in [0.29, 0.717) is 33.7 Å². The summed E-state index contributed by atoms with van der Waals surface area (Å²) in [6.45, 7) is -2.99. The van der Waals surface area contributed by atoms with Gasteiger partial charge in [-0.25, -0.2) is 0 Å². The summed E-state index contributed by atoms with van der Waals surface area (Å²) in [4.78, 5) is 5.82. The van der Waals surface area contributed by atoms with E-state index in [-0.39, 0.29) is 27.4 Å². The molecule has 0 bridgehead atoms. The number of halogens is 4. The Bertz CT molecular complexity index is 1700. The number of furan rings is 1. The maximum Gasteiger partial charge on any atom is 0.387 e. The van der Waals surface area contributed by atoms with Gasteiger partial charge in [0.05, 0.1) is 16.4 Å². The van der Waals surface area contributed by atoms with Gasteiger partial charge in [0, 0.05) is 37.9 Å². The number of fused-ring (bicyclic) bond motifs is 4. The third-order valence-corrected chi connectivity index (χ3v) is 8.00. The van der Waals surface area contributed by atoms with E-state index in [9.17, 15) is 13.9 Å². The summed E-state index contributed by atoms with van der Waals surface area (Å²) in [6.07, 6.45) is 0.396. The lowest BCUT2D eigenvalue weighted by Gasteiger charge is -2.19. The topological polar surface area (TPSA) is 55.0 Å². The molecule has 0 amide bonds. The van der Waals surface area contributed by atoms with Gasteiger partial charge in [-0.2, -0.15) is 8.78 Å². The molecule has 0 aliphatic carbocycles. The Morgan fingerprint density at radius 2 is 1.81 bits per heavy atom. The third-order valence-electron chi connectivity index (χ3n) is 6.19. The second-order valence-electron chi connectivity index (χ2n) is 8.45. The fourth-order valence-electron chi connectivity index (χ4n) is 4.63. The lowest BCUT2D eigenvalue weighted by Crippen LogP contribution is -2.07. The number of phenols is 1. The van der Waals surface area contributed by atoms with Crippen LogP contribution in [0.2, 0.25) is 10.0 Å². The standard InChI is InChI=1S/C28H17Cl2F2NO3S/c29-14-11-17(26(34)18(30)12-14)20-13-24(37-23-8-4-2-6-19(23)33-20)16-9-10-22(36-28(31)32)27-25(16)15-5-1-3-7-21(15)35-27/h1-12,24,28,34H,13H2. The first kappa shape index (κ1) is 24.1. The SMILES string of the molecule is Oc1c(Cl)cc(Cl)cc1C1=Nc2ccccc2SC(c2ccc(OC(F)F)c3oc4ccccc4c23)C1. The molecule has 0 saturated carbocycles. The molecule has 5 aromatic rings. The van der Waals surface area contributed by atoms with Crippen molar-refractivity contribution in [2.24, 2.45) is 4.99 Å². The first-order valence-corrected chi connectivity index (χ1v) is 12.9. The van der Waals surface area contributed by atoms with E-state index >= 15 is 0 Å². The average Bonchev–Trinajstić information content (AvgIpc) is 3.15. The highest BCUT2D eigenvalue weighted by molar-refractivity contribution is 7.99. The molecule has 2 heterocycles. The van der Waals surface area contributed by atoms with Crippen molar-refractivity contribution in [3.8, 4) is 11.5 Å². The van der Waals surface area contributed by atoms with Gasteiger partial charge in [-0.05, 0) is 42.0 Å². The molecule has 0 saturated heterocycles. The number of hydrogen-bond donors (Lipinski definition) is 1. The number of alkyl halides is 2. The molecule has 6 rings (SSSR count). The van der Waals surface area contributed by atoms with Crippen molar-refractivity contribution in [2.45, 2.75) is 23.2 Å². The quantitative estimate of drug-likeness (QED) is 0.240. The van der Waals surface area contributed by atoms with Gasteiger partial charge < -0.3 is 14.3 Å². The van der Waals surface area contributed by atoms with E-state index in [0.717, 1.165) is 21.5 Å². The maximum absolute atomic E-state index is 13.2. The van der Waals surface area contributed by atoms with E-state index < -0.39 is 6.61 Å². The number of aliphatic imine (C=N–C) groups is 1. The molecule has 0 fully saturated rings. The number of thioether (sulfide) groups is 1. The largest absolute Gasteiger partial charge is 0.506 e. The number of rotatable bonds is 4. The van der Waals surface area contributed by atoms with Crippen molar-refractivity contribution in [3.05, 3.63) is 94.0 Å². The Morgan fingerprint density at radius 1 is 1.03 bits per heavy atom. The number of para-hydroxylation sites is 2. The predicted molar refractivity (Wildman–Crippen MR) is 144 cm³/mol. The van der Waals surface area contributed by atoms with Gasteiger partial charge in [-0.15, -0.1) is 11.8 Å². The highest BCUT2D eigenvalue weighted by Crippen LogP contribution is 2.50. The molecular formula is C28H17Cl2F2NO3S. The molecule has 4 nitrogen and oxygen atoms in total. The molecule has 37 heavy (non-hydrogen) atoms. The highest BCUT2D eigenvalue weighted by atomic mass is 35.5. The van der Waals surface area contributed by atoms with Crippen molar-refractivity contribution in [1.82, 2.24) is 0 Å². The number of hydrogen-bond acceptors (Lipinski definition) is 5. The smallest absolute Gasteiger partial charge is 0.387 e. The van der Waals surface area contributed by atoms with Crippen molar-refractivity contribution in [3.63, 3.8) is 0 Å². The third kappa shape index (κ3) is 4.41. The average molecular weight is 556 g/mol. The Kier molecular flexibility index (Phi) is 6.23. The predicted octanol–water partition coefficient (Wildman–Crippen LogP) is 9.56. The lowest BCUT2D eigenvalue weighted by atomic mass is 9.97. The van der Waals surface area contributed by atoms with Gasteiger partial charge in [0.2, 0.25) is 0 Å². The van der Waals surface area contributed by atoms with Crippen LogP contribution >= 0.6 is 35.0 Å². The molecule has 0 radical (unpaired) electrons. The summed E-state index contributed by atoms with van der Waals surface area (Å²) in [7, 11) is 0. The van der Waals surface area contributed by atoms with Crippen LogP contribution in [0.1, 0.15) is 22.8 Å². The first-order chi connectivity index (χ1) is 17.9. The Balaban J connectivity index is 1.57. The zero-order valence-electron chi connectivity index (χ0n) is 18.9. The van der Waals surface area contributed by atoms with Crippen LogP contribution in [-0.2, 0) is 0 Å². The second-order valence-corrected chi connectivity index (χ2v) is 10.5. The van der Waals surface area contributed by atoms with Crippen molar-refractivity contribution >= 4 is 68.3 Å². The van der Waals surface area contributed by atoms with Crippen LogP contribution in [0.15, 0.2) is 87.1 Å². The Labute approximate surface area is 224 Å². The summed E-state index contributed by atoms with van der Waals surface area (Å²) in [6, 6.07) is 21.5. The summed E-state index contributed by atoms with van der Waals surface area (Å²) in [5, 5.41) is 12.6. The minimum atomic E-state index is -2.99. The summed E-state index contributed by atoms with van der Waals surface area (Å²) in [5.41, 5.74) is 3.46. The minimum absolute atomic E-state index is 0.0304. The molecule has 1 N–H and O–H groups in total. The number of phenolic OH excluding ortho intramolecular Hbond substituents is 1. The minimum Gasteiger partial charge on any atom is -0.506 e. The van der Waals surface area contributed by atoms with Crippen molar-refractivity contribution in [1.29, 1.82) is 0 Å². The molecule has 9 heteroatoms. The molecule has 1 aliphatic heterocycles. The van der Waals surface area contributed by atoms with Crippen LogP contribution in [0.25, 0.3) is 21.9 Å². The summed E-state index contributed by atoms with van der Waals surface area (Å²) >= 11 is 14.1. The number of aromatic hydroxyl groups is 1. The fraction of sp³-hybridized carbons (Fsp3) is 0.107. The first-order valence-electron chi connectivity index (χ1n) is 11.3. The monoisotopic (exact) mass is 555 g/mol. The van der Waals surface area contributed by atoms with E-state index in [2.05, 4.69) is 0 Å². The van der Waals surface area contributed by atoms with Gasteiger partial charge in [-0.1, -0.05) is 59.6 Å². The maximum atomic E-state index is 13.2. The molecule has 4 aromatic carbocycles. The highest BCUT2D eigenvalue weighted by Gasteiger charge is 2.28. The number of nitrogens with zero attached hydrogens (tertiary/aromatic N) is 1. The van der Waals surface area contributed by atoms with Gasteiger partial charge >= 0.3 is 6.61 Å². The van der Waals surface area contributed by atoms with Crippen molar-refractivity contribution in [2.75, 3.05) is 0 Å². The van der Waals surface area contributed by atoms with E-state index in [1.165, 1.54) is 12.1 Å². The van der Waals surface area contributed by atoms with Crippen LogP contribution in [-0.4, -0.2) is 17.4 Å². The lowest BCUT2D eigenvalue weighted by molar-refractivity contribution is -0.0493. The van der Waals surface area contributed by atoms with E-state index in [4.69, 9.17) is 37.3 Å². The van der Waals surface area contributed by atoms with Crippen LogP contribution in [0.4, 0.5) is 14.5 Å². The van der Waals surface area contributed by atoms with Crippen LogP contribution in [0, 0.1) is 0 Å². The van der Waals surface area contributed by atoms with Crippen LogP contribution in [0.5, 0.6) is 11.5 Å². The molecule has 1 unspecified atom stereocenters. The van der Waals surface area contributed by atoms with Crippen molar-refractivity contribution < 1.29 is 23.0 Å². The van der Waals surface area contributed by atoms with Gasteiger partial charge in [0.1, 0.15) is 11.3 Å². The zero-order chi connectivity index (χ0) is 25.7. The zero-order valence-corrected chi connectivity index (χ0v) is 21.2. The van der Waals surface area contributed by atoms with E-state index in [1.54, 1.807) is 30.0 Å². The molecular weight excluding hydrogens is 539 g/mol. The Morgan fingerprint density at radius 3 is 2.65 bits per heavy atom. The van der Waals surface area contributed by atoms with E-state index in [1.807, 2.05) is 42.5 Å². The van der Waals surface area contributed by atoms with Gasteiger partial charge in [-0.3, -0.25) is 4.99 Å². The molecule has 0 spiro atoms. The Hall–Kier alpha value is -3.26. The fourth-order valence-corrected chi connectivity index (χ4v) is 6.38. The number of ether oxygens (including phenoxy) is 1. The molecule has 1 aromatic heterocycles. The summed E-state index contributed by atoms with van der Waals surface area (Å²) in [5.74, 6) is -0.135. The molecule has 186 valence electrons. The van der Waals surface area contributed by atoms with Crippen LogP contribution in [0.3, 0.4) is 0 Å². The van der Waals surface area contributed by atoms with Gasteiger partial charge in [0.25, 0.3) is 0 Å². The molecule has 1 atom stereocenters. The second kappa shape index (κ2) is 9.56. The van der Waals surface area contributed by atoms with Crippen LogP contribution < -0.4 is 4.74 Å². The normalized spacial score (nSPS) is 15.6.